The van der Waals surface area contributed by atoms with Crippen LogP contribution >= 0.6 is 0 Å². The smallest absolute Gasteiger partial charge is 0.134 e. The number of hydrogen-bond acceptors (Lipinski definition) is 3. The predicted molar refractivity (Wildman–Crippen MR) is 207 cm³/mol. The van der Waals surface area contributed by atoms with E-state index in [1.807, 2.05) is 0 Å². The molecule has 1 aliphatic carbocycles. The van der Waals surface area contributed by atoms with E-state index in [9.17, 15) is 0 Å². The Morgan fingerprint density at radius 1 is 0.560 bits per heavy atom. The van der Waals surface area contributed by atoms with Gasteiger partial charge in [-0.05, 0) is 54.6 Å². The summed E-state index contributed by atoms with van der Waals surface area (Å²) in [6.45, 7) is 0. The summed E-state index contributed by atoms with van der Waals surface area (Å²) in [5.41, 5.74) is 14.8. The number of anilines is 3. The van der Waals surface area contributed by atoms with Gasteiger partial charge in [-0.15, -0.1) is 0 Å². The first-order valence-electron chi connectivity index (χ1n) is 17.1. The van der Waals surface area contributed by atoms with Crippen molar-refractivity contribution in [2.75, 3.05) is 4.90 Å². The summed E-state index contributed by atoms with van der Waals surface area (Å²) in [5.74, 6) is 0.869. The first kappa shape index (κ1) is 28.4. The Morgan fingerprint density at radius 2 is 1.20 bits per heavy atom. The first-order valence-corrected chi connectivity index (χ1v) is 17.1. The largest absolute Gasteiger partial charge is 0.359 e. The number of hydrogen-bond donors (Lipinski definition) is 1. The van der Waals surface area contributed by atoms with Gasteiger partial charge < -0.3 is 14.8 Å². The Labute approximate surface area is 291 Å². The van der Waals surface area contributed by atoms with Crippen LogP contribution < -0.4 is 10.2 Å². The molecule has 1 N–H and O–H groups in total. The van der Waals surface area contributed by atoms with Crippen LogP contribution in [-0.2, 0) is 0 Å². The molecule has 7 aromatic rings. The molecule has 0 saturated heterocycles. The normalized spacial score (nSPS) is 15.8. The second kappa shape index (κ2) is 11.5. The third-order valence-corrected chi connectivity index (χ3v) is 9.95. The van der Waals surface area contributed by atoms with E-state index in [0.29, 0.717) is 0 Å². The van der Waals surface area contributed by atoms with Crippen LogP contribution in [0.3, 0.4) is 0 Å². The van der Waals surface area contributed by atoms with Crippen LogP contribution in [0.2, 0.25) is 0 Å². The third-order valence-electron chi connectivity index (χ3n) is 9.95. The molecule has 0 spiro atoms. The molecule has 0 amide bonds. The number of benzene rings is 6. The highest BCUT2D eigenvalue weighted by Gasteiger charge is 2.32. The summed E-state index contributed by atoms with van der Waals surface area (Å²) < 4.78 is 2.44. The van der Waals surface area contributed by atoms with Gasteiger partial charge >= 0.3 is 0 Å². The highest BCUT2D eigenvalue weighted by molar-refractivity contribution is 6.15. The lowest BCUT2D eigenvalue weighted by Gasteiger charge is -2.28. The van der Waals surface area contributed by atoms with Crippen LogP contribution in [0, 0.1) is 0 Å². The Kier molecular flexibility index (Phi) is 6.53. The maximum Gasteiger partial charge on any atom is 0.134 e. The zero-order valence-corrected chi connectivity index (χ0v) is 27.2. The van der Waals surface area contributed by atoms with E-state index in [4.69, 9.17) is 4.99 Å². The maximum atomic E-state index is 5.33. The van der Waals surface area contributed by atoms with Gasteiger partial charge in [0.05, 0.1) is 34.3 Å². The summed E-state index contributed by atoms with van der Waals surface area (Å²) in [4.78, 5) is 7.73. The molecule has 1 aromatic heterocycles. The predicted octanol–water partition coefficient (Wildman–Crippen LogP) is 11.0. The van der Waals surface area contributed by atoms with Crippen LogP contribution in [0.5, 0.6) is 0 Å². The van der Waals surface area contributed by atoms with Crippen LogP contribution in [0.1, 0.15) is 11.1 Å². The fourth-order valence-electron chi connectivity index (χ4n) is 7.77. The number of nitrogens with zero attached hydrogens (tertiary/aromatic N) is 3. The molecule has 0 fully saturated rings. The summed E-state index contributed by atoms with van der Waals surface area (Å²) >= 11 is 0. The molecule has 1 unspecified atom stereocenters. The zero-order chi connectivity index (χ0) is 33.0. The van der Waals surface area contributed by atoms with Gasteiger partial charge in [0.2, 0.25) is 0 Å². The topological polar surface area (TPSA) is 32.6 Å². The fraction of sp³-hybridized carbons (Fsp3) is 0.0217. The van der Waals surface area contributed by atoms with Crippen LogP contribution in [0.4, 0.5) is 17.1 Å². The average Bonchev–Trinajstić information content (AvgIpc) is 3.47. The lowest BCUT2D eigenvalue weighted by molar-refractivity contribution is 0.830. The van der Waals surface area contributed by atoms with Gasteiger partial charge in [-0.25, -0.2) is 4.99 Å². The van der Waals surface area contributed by atoms with E-state index in [1.54, 1.807) is 0 Å². The van der Waals surface area contributed by atoms with Crippen molar-refractivity contribution in [2.45, 2.75) is 6.04 Å². The second-order valence-electron chi connectivity index (χ2n) is 12.8. The van der Waals surface area contributed by atoms with E-state index in [2.05, 4.69) is 197 Å². The van der Waals surface area contributed by atoms with E-state index in [1.165, 1.54) is 33.3 Å². The van der Waals surface area contributed by atoms with Gasteiger partial charge in [0.1, 0.15) is 5.84 Å². The molecule has 2 aliphatic heterocycles. The minimum absolute atomic E-state index is 0.0384. The standard InChI is InChI=1S/C46H32N4/c1-4-16-31(17-5-1)44-35-22-10-13-25-39(35)47-46(48-44)32-28-29-42-38(30-32)43-36-23-11-14-26-40(36)49(33-18-6-2-7-19-33)41-27-15-12-24-37(41)45(43)50(42)34-20-8-3-9-21-34/h1-30,39H,(H,47,48). The van der Waals surface area contributed by atoms with Crippen molar-refractivity contribution in [2.24, 2.45) is 4.99 Å². The molecule has 3 aliphatic rings. The number of para-hydroxylation sites is 4. The number of nitrogens with one attached hydrogen (secondary N) is 1. The molecule has 4 heteroatoms. The summed E-state index contributed by atoms with van der Waals surface area (Å²) in [6.07, 6.45) is 8.60. The number of fused-ring (bicyclic) bond motifs is 8. The molecule has 0 radical (unpaired) electrons. The Bertz CT molecular complexity index is 2550. The third kappa shape index (κ3) is 4.42. The summed E-state index contributed by atoms with van der Waals surface area (Å²) in [5, 5.41) is 4.95. The number of aliphatic imine (C=N–C) groups is 1. The van der Waals surface area contributed by atoms with Gasteiger partial charge in [0, 0.05) is 50.2 Å². The molecule has 10 rings (SSSR count). The molecule has 3 heterocycles. The molecule has 4 nitrogen and oxygen atoms in total. The van der Waals surface area contributed by atoms with E-state index >= 15 is 0 Å². The van der Waals surface area contributed by atoms with Crippen molar-refractivity contribution in [1.82, 2.24) is 9.88 Å². The molecule has 6 aromatic carbocycles. The van der Waals surface area contributed by atoms with Gasteiger partial charge in [0.15, 0.2) is 0 Å². The van der Waals surface area contributed by atoms with Crippen molar-refractivity contribution in [3.05, 3.63) is 199 Å². The van der Waals surface area contributed by atoms with Crippen molar-refractivity contribution >= 4 is 39.5 Å². The van der Waals surface area contributed by atoms with E-state index in [-0.39, 0.29) is 6.04 Å². The molecule has 236 valence electrons. The summed E-state index contributed by atoms with van der Waals surface area (Å²) in [6, 6.07) is 56.4. The number of aromatic nitrogens is 1. The fourth-order valence-corrected chi connectivity index (χ4v) is 7.77. The lowest BCUT2D eigenvalue weighted by atomic mass is 9.93. The number of rotatable bonds is 4. The van der Waals surface area contributed by atoms with Crippen LogP contribution in [-0.4, -0.2) is 16.4 Å². The minimum Gasteiger partial charge on any atom is -0.359 e. The van der Waals surface area contributed by atoms with E-state index in [0.717, 1.165) is 50.9 Å². The van der Waals surface area contributed by atoms with Crippen molar-refractivity contribution in [3.63, 3.8) is 0 Å². The average molecular weight is 641 g/mol. The molecule has 0 bridgehead atoms. The zero-order valence-electron chi connectivity index (χ0n) is 27.2. The molecular formula is C46H32N4. The Hall–Kier alpha value is -6.65. The SMILES string of the molecule is C1=CC2=C(c3ccccc3)N=C(c3ccc4c(c3)c3c(n4-c4ccccc4)-c4ccccc4N(c4ccccc4)c4ccccc4-3)NC2C=C1. The quantitative estimate of drug-likeness (QED) is 0.208. The monoisotopic (exact) mass is 640 g/mol. The maximum absolute atomic E-state index is 5.33. The van der Waals surface area contributed by atoms with Gasteiger partial charge in [-0.1, -0.05) is 127 Å². The van der Waals surface area contributed by atoms with Crippen molar-refractivity contribution in [1.29, 1.82) is 0 Å². The Morgan fingerprint density at radius 3 is 1.96 bits per heavy atom. The highest BCUT2D eigenvalue weighted by atomic mass is 15.2. The number of amidine groups is 1. The lowest BCUT2D eigenvalue weighted by Crippen LogP contribution is -2.39. The highest BCUT2D eigenvalue weighted by Crippen LogP contribution is 2.54. The molecular weight excluding hydrogens is 609 g/mol. The molecule has 0 saturated carbocycles. The minimum atomic E-state index is 0.0384. The van der Waals surface area contributed by atoms with Gasteiger partial charge in [-0.3, -0.25) is 0 Å². The first-order chi connectivity index (χ1) is 24.8. The van der Waals surface area contributed by atoms with Crippen LogP contribution in [0.15, 0.2) is 193 Å². The summed E-state index contributed by atoms with van der Waals surface area (Å²) in [7, 11) is 0. The molecule has 1 atom stereocenters. The van der Waals surface area contributed by atoms with Crippen molar-refractivity contribution in [3.8, 4) is 28.1 Å². The van der Waals surface area contributed by atoms with Gasteiger partial charge in [0.25, 0.3) is 0 Å². The van der Waals surface area contributed by atoms with Gasteiger partial charge in [-0.2, -0.15) is 0 Å². The van der Waals surface area contributed by atoms with E-state index < -0.39 is 0 Å². The van der Waals surface area contributed by atoms with Crippen molar-refractivity contribution < 1.29 is 0 Å². The number of allylic oxidation sites excluding steroid dienone is 2. The Balaban J connectivity index is 1.28. The molecule has 50 heavy (non-hydrogen) atoms. The van der Waals surface area contributed by atoms with Crippen LogP contribution in [0.25, 0.3) is 44.7 Å². The second-order valence-corrected chi connectivity index (χ2v) is 12.8.